The van der Waals surface area contributed by atoms with E-state index >= 15 is 0 Å². The van der Waals surface area contributed by atoms with Crippen molar-refractivity contribution in [3.8, 4) is 0 Å². The number of rotatable bonds is 4. The third-order valence-electron chi connectivity index (χ3n) is 3.96. The van der Waals surface area contributed by atoms with E-state index in [1.807, 2.05) is 0 Å². The summed E-state index contributed by atoms with van der Waals surface area (Å²) in [6.07, 6.45) is 3.72. The Labute approximate surface area is 94.6 Å². The molecule has 0 atom stereocenters. The third-order valence-corrected chi connectivity index (χ3v) is 3.96. The van der Waals surface area contributed by atoms with Crippen molar-refractivity contribution in [2.24, 2.45) is 17.1 Å². The van der Waals surface area contributed by atoms with E-state index in [-0.39, 0.29) is 17.2 Å². The lowest BCUT2D eigenvalue weighted by Gasteiger charge is -2.44. The van der Waals surface area contributed by atoms with Crippen molar-refractivity contribution < 1.29 is 14.7 Å². The minimum Gasteiger partial charge on any atom is -0.481 e. The number of amides is 1. The van der Waals surface area contributed by atoms with Crippen molar-refractivity contribution in [1.29, 1.82) is 0 Å². The van der Waals surface area contributed by atoms with Crippen LogP contribution < -0.4 is 5.73 Å². The second-order valence-electron chi connectivity index (χ2n) is 5.07. The van der Waals surface area contributed by atoms with Gasteiger partial charge in [-0.1, -0.05) is 6.42 Å². The Bertz CT molecular complexity index is 301. The van der Waals surface area contributed by atoms with Crippen LogP contribution in [0, 0.1) is 11.3 Å². The molecule has 1 saturated heterocycles. The number of carboxylic acids is 1. The van der Waals surface area contributed by atoms with Crippen LogP contribution >= 0.6 is 0 Å². The Hall–Kier alpha value is -1.10. The van der Waals surface area contributed by atoms with Crippen LogP contribution in [0.4, 0.5) is 0 Å². The number of aliphatic carboxylic acids is 1. The van der Waals surface area contributed by atoms with Crippen LogP contribution in [0.2, 0.25) is 0 Å². The van der Waals surface area contributed by atoms with E-state index in [0.717, 1.165) is 19.3 Å². The zero-order valence-corrected chi connectivity index (χ0v) is 9.32. The Morgan fingerprint density at radius 2 is 2.00 bits per heavy atom. The van der Waals surface area contributed by atoms with Gasteiger partial charge in [-0.2, -0.15) is 0 Å². The molecule has 90 valence electrons. The van der Waals surface area contributed by atoms with E-state index < -0.39 is 5.97 Å². The van der Waals surface area contributed by atoms with Crippen molar-refractivity contribution in [2.45, 2.75) is 25.7 Å². The van der Waals surface area contributed by atoms with Gasteiger partial charge < -0.3 is 15.7 Å². The second-order valence-corrected chi connectivity index (χ2v) is 5.07. The van der Waals surface area contributed by atoms with Gasteiger partial charge in [-0.3, -0.25) is 9.59 Å². The lowest BCUT2D eigenvalue weighted by Crippen LogP contribution is -2.54. The molecule has 16 heavy (non-hydrogen) atoms. The van der Waals surface area contributed by atoms with Crippen molar-refractivity contribution in [3.63, 3.8) is 0 Å². The number of carbonyl (C=O) groups excluding carboxylic acids is 1. The molecular weight excluding hydrogens is 208 g/mol. The molecule has 0 aromatic heterocycles. The van der Waals surface area contributed by atoms with Crippen LogP contribution in [-0.2, 0) is 9.59 Å². The maximum atomic E-state index is 11.8. The average molecular weight is 226 g/mol. The van der Waals surface area contributed by atoms with Gasteiger partial charge in [0.1, 0.15) is 0 Å². The van der Waals surface area contributed by atoms with Gasteiger partial charge in [0.05, 0.1) is 5.92 Å². The topological polar surface area (TPSA) is 83.6 Å². The summed E-state index contributed by atoms with van der Waals surface area (Å²) in [7, 11) is 0. The van der Waals surface area contributed by atoms with Crippen molar-refractivity contribution in [2.75, 3.05) is 19.6 Å². The van der Waals surface area contributed by atoms with E-state index in [4.69, 9.17) is 10.8 Å². The van der Waals surface area contributed by atoms with E-state index in [0.29, 0.717) is 26.1 Å². The highest BCUT2D eigenvalue weighted by atomic mass is 16.4. The normalized spacial score (nSPS) is 23.4. The summed E-state index contributed by atoms with van der Waals surface area (Å²) >= 11 is 0. The number of carboxylic acid groups (broad SMARTS) is 1. The number of likely N-dealkylation sites (tertiary alicyclic amines) is 1. The molecule has 0 aromatic carbocycles. The Morgan fingerprint density at radius 3 is 2.38 bits per heavy atom. The summed E-state index contributed by atoms with van der Waals surface area (Å²) in [5.74, 6) is -1.09. The molecule has 0 unspecified atom stereocenters. The summed E-state index contributed by atoms with van der Waals surface area (Å²) in [6.45, 7) is 1.30. The van der Waals surface area contributed by atoms with Crippen LogP contribution in [0.15, 0.2) is 0 Å². The molecule has 0 bridgehead atoms. The Morgan fingerprint density at radius 1 is 1.38 bits per heavy atom. The van der Waals surface area contributed by atoms with Crippen molar-refractivity contribution in [1.82, 2.24) is 4.90 Å². The van der Waals surface area contributed by atoms with Crippen molar-refractivity contribution >= 4 is 11.9 Å². The molecule has 2 aliphatic rings. The van der Waals surface area contributed by atoms with Crippen LogP contribution in [-0.4, -0.2) is 41.5 Å². The van der Waals surface area contributed by atoms with Gasteiger partial charge in [0.25, 0.3) is 0 Å². The minimum atomic E-state index is -0.804. The number of nitrogens with two attached hydrogens (primary N) is 1. The molecule has 2 fully saturated rings. The highest BCUT2D eigenvalue weighted by Crippen LogP contribution is 2.43. The zero-order chi connectivity index (χ0) is 11.8. The maximum absolute atomic E-state index is 11.8. The molecule has 0 spiro atoms. The van der Waals surface area contributed by atoms with E-state index in [1.165, 1.54) is 0 Å². The fourth-order valence-corrected chi connectivity index (χ4v) is 2.40. The van der Waals surface area contributed by atoms with Crippen molar-refractivity contribution in [3.05, 3.63) is 0 Å². The maximum Gasteiger partial charge on any atom is 0.310 e. The molecule has 2 rings (SSSR count). The molecule has 3 N–H and O–H groups in total. The lowest BCUT2D eigenvalue weighted by atomic mass is 9.66. The largest absolute Gasteiger partial charge is 0.481 e. The number of hydrogen-bond donors (Lipinski definition) is 2. The molecule has 1 heterocycles. The van der Waals surface area contributed by atoms with Gasteiger partial charge in [-0.05, 0) is 24.8 Å². The van der Waals surface area contributed by atoms with E-state index in [9.17, 15) is 9.59 Å². The summed E-state index contributed by atoms with van der Waals surface area (Å²) in [5.41, 5.74) is 5.71. The standard InChI is InChI=1S/C11H18N2O3/c12-7-11(2-1-3-11)4-9(14)13-5-8(6-13)10(15)16/h8H,1-7,12H2,(H,15,16). The Kier molecular flexibility index (Phi) is 2.88. The summed E-state index contributed by atoms with van der Waals surface area (Å²) in [6, 6.07) is 0. The quantitative estimate of drug-likeness (QED) is 0.709. The molecule has 5 nitrogen and oxygen atoms in total. The summed E-state index contributed by atoms with van der Waals surface area (Å²) in [4.78, 5) is 24.1. The minimum absolute atomic E-state index is 0.0192. The molecule has 5 heteroatoms. The molecule has 0 aromatic rings. The van der Waals surface area contributed by atoms with Gasteiger partial charge in [0.15, 0.2) is 0 Å². The van der Waals surface area contributed by atoms with Crippen LogP contribution in [0.3, 0.4) is 0 Å². The van der Waals surface area contributed by atoms with Gasteiger partial charge in [0, 0.05) is 19.5 Å². The highest BCUT2D eigenvalue weighted by Gasteiger charge is 2.42. The van der Waals surface area contributed by atoms with E-state index in [1.54, 1.807) is 4.90 Å². The molecule has 0 radical (unpaired) electrons. The van der Waals surface area contributed by atoms with Gasteiger partial charge in [-0.25, -0.2) is 0 Å². The first kappa shape index (κ1) is 11.4. The van der Waals surface area contributed by atoms with E-state index in [2.05, 4.69) is 0 Å². The Balaban J connectivity index is 1.79. The molecule has 1 saturated carbocycles. The monoisotopic (exact) mass is 226 g/mol. The molecule has 1 aliphatic carbocycles. The number of carbonyl (C=O) groups is 2. The fraction of sp³-hybridized carbons (Fsp3) is 0.818. The average Bonchev–Trinajstić information content (AvgIpc) is 2.08. The first-order valence-electron chi connectivity index (χ1n) is 5.77. The molecule has 1 amide bonds. The van der Waals surface area contributed by atoms with Crippen LogP contribution in [0.1, 0.15) is 25.7 Å². The predicted octanol–water partition coefficient (Wildman–Crippen LogP) is 0.0485. The summed E-state index contributed by atoms with van der Waals surface area (Å²) in [5, 5.41) is 8.71. The van der Waals surface area contributed by atoms with Gasteiger partial charge in [0.2, 0.25) is 5.91 Å². The SMILES string of the molecule is NCC1(CC(=O)N2CC(C(=O)O)C2)CCC1. The van der Waals surface area contributed by atoms with Gasteiger partial charge >= 0.3 is 5.97 Å². The second kappa shape index (κ2) is 4.05. The zero-order valence-electron chi connectivity index (χ0n) is 9.32. The smallest absolute Gasteiger partial charge is 0.310 e. The van der Waals surface area contributed by atoms with Gasteiger partial charge in [-0.15, -0.1) is 0 Å². The first-order chi connectivity index (χ1) is 7.56. The highest BCUT2D eigenvalue weighted by molar-refractivity contribution is 5.81. The molecular formula is C11H18N2O3. The number of hydrogen-bond acceptors (Lipinski definition) is 3. The third kappa shape index (κ3) is 1.91. The number of nitrogens with zero attached hydrogens (tertiary/aromatic N) is 1. The first-order valence-corrected chi connectivity index (χ1v) is 5.77. The predicted molar refractivity (Wildman–Crippen MR) is 57.7 cm³/mol. The van der Waals surface area contributed by atoms with Crippen LogP contribution in [0.25, 0.3) is 0 Å². The van der Waals surface area contributed by atoms with Crippen LogP contribution in [0.5, 0.6) is 0 Å². The lowest BCUT2D eigenvalue weighted by molar-refractivity contribution is -0.154. The fourth-order valence-electron chi connectivity index (χ4n) is 2.40. The summed E-state index contributed by atoms with van der Waals surface area (Å²) < 4.78 is 0. The molecule has 1 aliphatic heterocycles.